The molecule has 0 saturated heterocycles. The van der Waals surface area contributed by atoms with Gasteiger partial charge in [0.2, 0.25) is 5.28 Å². The lowest BCUT2D eigenvalue weighted by Crippen LogP contribution is -2.13. The first-order valence-corrected chi connectivity index (χ1v) is 8.03. The number of nitrogens with one attached hydrogen (secondary N) is 1. The molecule has 20 heavy (non-hydrogen) atoms. The number of anilines is 1. The van der Waals surface area contributed by atoms with Crippen molar-refractivity contribution in [2.75, 3.05) is 4.72 Å². The van der Waals surface area contributed by atoms with Crippen molar-refractivity contribution >= 4 is 38.0 Å². The third kappa shape index (κ3) is 2.75. The van der Waals surface area contributed by atoms with Crippen LogP contribution in [0.3, 0.4) is 0 Å². The molecule has 0 amide bonds. The first kappa shape index (κ1) is 14.7. The standard InChI is InChI=1S/C11H9ClN4O2S2/c1-6-7(2)19-10(9(6)3-13)16-20(17,18)8-4-14-11(12)15-5-8/h4-5,16H,1-2H3. The molecule has 0 atom stereocenters. The van der Waals surface area contributed by atoms with E-state index >= 15 is 0 Å². The third-order valence-electron chi connectivity index (χ3n) is 2.63. The second kappa shape index (κ2) is 5.36. The SMILES string of the molecule is Cc1sc(NS(=O)(=O)c2cnc(Cl)nc2)c(C#N)c1C. The van der Waals surface area contributed by atoms with E-state index in [2.05, 4.69) is 14.7 Å². The lowest BCUT2D eigenvalue weighted by molar-refractivity contribution is 0.600. The molecule has 2 heterocycles. The van der Waals surface area contributed by atoms with E-state index < -0.39 is 10.0 Å². The number of hydrogen-bond acceptors (Lipinski definition) is 6. The first-order chi connectivity index (χ1) is 9.35. The molecule has 2 rings (SSSR count). The van der Waals surface area contributed by atoms with Crippen molar-refractivity contribution in [3.05, 3.63) is 33.7 Å². The lowest BCUT2D eigenvalue weighted by atomic mass is 10.2. The Morgan fingerprint density at radius 1 is 1.35 bits per heavy atom. The Labute approximate surface area is 125 Å². The van der Waals surface area contributed by atoms with Gasteiger partial charge in [-0.1, -0.05) is 0 Å². The average molecular weight is 329 g/mol. The minimum Gasteiger partial charge on any atom is -0.269 e. The fraction of sp³-hybridized carbons (Fsp3) is 0.182. The highest BCUT2D eigenvalue weighted by molar-refractivity contribution is 7.93. The van der Waals surface area contributed by atoms with Gasteiger partial charge in [-0.05, 0) is 31.0 Å². The predicted octanol–water partition coefficient (Wildman–Crippen LogP) is 2.48. The van der Waals surface area contributed by atoms with E-state index in [0.29, 0.717) is 5.56 Å². The molecule has 0 saturated carbocycles. The molecule has 0 aliphatic carbocycles. The Kier molecular flexibility index (Phi) is 3.94. The molecule has 0 aliphatic heterocycles. The Bertz CT molecular complexity index is 791. The zero-order valence-electron chi connectivity index (χ0n) is 10.5. The van der Waals surface area contributed by atoms with Crippen molar-refractivity contribution in [3.63, 3.8) is 0 Å². The van der Waals surface area contributed by atoms with Crippen molar-refractivity contribution < 1.29 is 8.42 Å². The number of nitrogens with zero attached hydrogens (tertiary/aromatic N) is 3. The van der Waals surface area contributed by atoms with Crippen LogP contribution in [0.4, 0.5) is 5.00 Å². The highest BCUT2D eigenvalue weighted by Crippen LogP contribution is 2.33. The Hall–Kier alpha value is -1.69. The maximum atomic E-state index is 12.2. The van der Waals surface area contributed by atoms with E-state index in [1.807, 2.05) is 13.0 Å². The van der Waals surface area contributed by atoms with Crippen LogP contribution in [-0.4, -0.2) is 18.4 Å². The fourth-order valence-electron chi connectivity index (χ4n) is 1.45. The number of hydrogen-bond donors (Lipinski definition) is 1. The zero-order valence-corrected chi connectivity index (χ0v) is 12.9. The van der Waals surface area contributed by atoms with Crippen molar-refractivity contribution in [2.45, 2.75) is 18.7 Å². The highest BCUT2D eigenvalue weighted by atomic mass is 35.5. The molecule has 0 spiro atoms. The second-order valence-corrected chi connectivity index (χ2v) is 7.14. The molecule has 0 bridgehead atoms. The molecular formula is C11H9ClN4O2S2. The predicted molar refractivity (Wildman–Crippen MR) is 76.4 cm³/mol. The van der Waals surface area contributed by atoms with Gasteiger partial charge in [-0.25, -0.2) is 18.4 Å². The molecule has 9 heteroatoms. The van der Waals surface area contributed by atoms with Crippen LogP contribution in [0.2, 0.25) is 5.28 Å². The summed E-state index contributed by atoms with van der Waals surface area (Å²) in [7, 11) is -3.84. The van der Waals surface area contributed by atoms with Crippen molar-refractivity contribution in [2.24, 2.45) is 0 Å². The maximum absolute atomic E-state index is 12.2. The molecule has 1 N–H and O–H groups in total. The number of thiophene rings is 1. The Morgan fingerprint density at radius 2 is 1.95 bits per heavy atom. The van der Waals surface area contributed by atoms with Gasteiger partial charge in [0.05, 0.1) is 18.0 Å². The maximum Gasteiger partial charge on any atom is 0.265 e. The minimum atomic E-state index is -3.84. The van der Waals surface area contributed by atoms with Crippen LogP contribution in [-0.2, 0) is 10.0 Å². The number of aryl methyl sites for hydroxylation is 1. The summed E-state index contributed by atoms with van der Waals surface area (Å²) in [4.78, 5) is 8.02. The second-order valence-electron chi connectivity index (χ2n) is 3.89. The number of nitriles is 1. The minimum absolute atomic E-state index is 0.0375. The lowest BCUT2D eigenvalue weighted by Gasteiger charge is -2.05. The molecular weight excluding hydrogens is 320 g/mol. The van der Waals surface area contributed by atoms with Crippen LogP contribution in [0.5, 0.6) is 0 Å². The molecule has 6 nitrogen and oxygen atoms in total. The van der Waals surface area contributed by atoms with E-state index in [1.165, 1.54) is 11.3 Å². The summed E-state index contributed by atoms with van der Waals surface area (Å²) >= 11 is 6.73. The van der Waals surface area contributed by atoms with Crippen LogP contribution in [0.1, 0.15) is 16.0 Å². The van der Waals surface area contributed by atoms with Crippen molar-refractivity contribution in [1.82, 2.24) is 9.97 Å². The summed E-state index contributed by atoms with van der Waals surface area (Å²) < 4.78 is 26.7. The molecule has 0 fully saturated rings. The molecule has 0 unspecified atom stereocenters. The zero-order chi connectivity index (χ0) is 14.9. The van der Waals surface area contributed by atoms with Gasteiger partial charge in [-0.15, -0.1) is 11.3 Å². The largest absolute Gasteiger partial charge is 0.269 e. The summed E-state index contributed by atoms with van der Waals surface area (Å²) in [6.45, 7) is 3.59. The van der Waals surface area contributed by atoms with Crippen LogP contribution in [0.15, 0.2) is 17.3 Å². The van der Waals surface area contributed by atoms with Gasteiger partial charge in [0, 0.05) is 4.88 Å². The van der Waals surface area contributed by atoms with E-state index in [9.17, 15) is 8.42 Å². The highest BCUT2D eigenvalue weighted by Gasteiger charge is 2.20. The Balaban J connectivity index is 2.41. The molecule has 2 aromatic rings. The van der Waals surface area contributed by atoms with Crippen molar-refractivity contribution in [3.8, 4) is 6.07 Å². The van der Waals surface area contributed by atoms with Crippen LogP contribution in [0, 0.1) is 25.2 Å². The van der Waals surface area contributed by atoms with Crippen LogP contribution < -0.4 is 4.72 Å². The molecule has 0 aliphatic rings. The summed E-state index contributed by atoms with van der Waals surface area (Å²) in [5, 5.41) is 9.35. The average Bonchev–Trinajstić information content (AvgIpc) is 2.64. The summed E-state index contributed by atoms with van der Waals surface area (Å²) in [6, 6.07) is 2.00. The monoisotopic (exact) mass is 328 g/mol. The first-order valence-electron chi connectivity index (χ1n) is 5.35. The van der Waals surface area contributed by atoms with Crippen molar-refractivity contribution in [1.29, 1.82) is 5.26 Å². The van der Waals surface area contributed by atoms with Gasteiger partial charge in [-0.2, -0.15) is 5.26 Å². The van der Waals surface area contributed by atoms with Gasteiger partial charge < -0.3 is 0 Å². The van der Waals surface area contributed by atoms with Gasteiger partial charge in [0.1, 0.15) is 16.0 Å². The quantitative estimate of drug-likeness (QED) is 0.873. The molecule has 2 aromatic heterocycles. The normalized spacial score (nSPS) is 11.1. The van der Waals surface area contributed by atoms with Gasteiger partial charge in [0.25, 0.3) is 10.0 Å². The molecule has 104 valence electrons. The third-order valence-corrected chi connectivity index (χ3v) is 5.38. The van der Waals surface area contributed by atoms with E-state index in [-0.39, 0.29) is 15.2 Å². The number of rotatable bonds is 3. The fourth-order valence-corrected chi connectivity index (χ4v) is 3.76. The Morgan fingerprint density at radius 3 is 2.50 bits per heavy atom. The summed E-state index contributed by atoms with van der Waals surface area (Å²) in [5.74, 6) is 0. The topological polar surface area (TPSA) is 95.7 Å². The van der Waals surface area contributed by atoms with E-state index in [4.69, 9.17) is 16.9 Å². The number of halogens is 1. The summed E-state index contributed by atoms with van der Waals surface area (Å²) in [6.07, 6.45) is 2.22. The smallest absolute Gasteiger partial charge is 0.265 e. The van der Waals surface area contributed by atoms with Gasteiger partial charge >= 0.3 is 0 Å². The number of sulfonamides is 1. The van der Waals surface area contributed by atoms with Crippen LogP contribution >= 0.6 is 22.9 Å². The molecule has 0 radical (unpaired) electrons. The van der Waals surface area contributed by atoms with Gasteiger partial charge in [0.15, 0.2) is 0 Å². The van der Waals surface area contributed by atoms with Gasteiger partial charge in [-0.3, -0.25) is 4.72 Å². The summed E-state index contributed by atoms with van der Waals surface area (Å²) in [5.41, 5.74) is 1.09. The number of aromatic nitrogens is 2. The van der Waals surface area contributed by atoms with Crippen LogP contribution in [0.25, 0.3) is 0 Å². The van der Waals surface area contributed by atoms with E-state index in [1.54, 1.807) is 6.92 Å². The van der Waals surface area contributed by atoms with E-state index in [0.717, 1.165) is 22.8 Å². The molecule has 0 aromatic carbocycles.